The van der Waals surface area contributed by atoms with Crippen LogP contribution in [-0.2, 0) is 4.79 Å². The largest absolute Gasteiger partial charge is 0.395 e. The van der Waals surface area contributed by atoms with Gasteiger partial charge < -0.3 is 20.2 Å². The lowest BCUT2D eigenvalue weighted by Crippen LogP contribution is -2.48. The SMILES string of the molecule is CC(=O)N1CCN(c2cc(NCCO)ncn2)CC1. The number of amides is 1. The Hall–Kier alpha value is -1.89. The maximum atomic E-state index is 11.3. The molecule has 1 aromatic rings. The van der Waals surface area contributed by atoms with Gasteiger partial charge in [0.1, 0.15) is 18.0 Å². The second-order valence-electron chi connectivity index (χ2n) is 4.40. The highest BCUT2D eigenvalue weighted by atomic mass is 16.3. The zero-order valence-electron chi connectivity index (χ0n) is 11.0. The Labute approximate surface area is 112 Å². The van der Waals surface area contributed by atoms with Gasteiger partial charge in [0, 0.05) is 45.7 Å². The van der Waals surface area contributed by atoms with Gasteiger partial charge in [0.25, 0.3) is 0 Å². The molecule has 0 spiro atoms. The Morgan fingerprint density at radius 2 is 2.11 bits per heavy atom. The van der Waals surface area contributed by atoms with Crippen LogP contribution >= 0.6 is 0 Å². The highest BCUT2D eigenvalue weighted by Crippen LogP contribution is 2.16. The van der Waals surface area contributed by atoms with Gasteiger partial charge in [0.05, 0.1) is 6.61 Å². The molecule has 0 bridgehead atoms. The molecular weight excluding hydrogens is 246 g/mol. The third kappa shape index (κ3) is 3.54. The van der Waals surface area contributed by atoms with Crippen molar-refractivity contribution in [3.63, 3.8) is 0 Å². The van der Waals surface area contributed by atoms with Crippen molar-refractivity contribution in [2.45, 2.75) is 6.92 Å². The molecule has 19 heavy (non-hydrogen) atoms. The van der Waals surface area contributed by atoms with Crippen molar-refractivity contribution in [2.75, 3.05) is 49.5 Å². The first-order valence-electron chi connectivity index (χ1n) is 6.38. The molecule has 0 aromatic carbocycles. The number of carbonyl (C=O) groups is 1. The number of piperazine rings is 1. The van der Waals surface area contributed by atoms with E-state index in [2.05, 4.69) is 20.2 Å². The van der Waals surface area contributed by atoms with Gasteiger partial charge >= 0.3 is 0 Å². The number of aromatic nitrogens is 2. The molecule has 0 atom stereocenters. The fraction of sp³-hybridized carbons (Fsp3) is 0.583. The minimum atomic E-state index is 0.0661. The fourth-order valence-electron chi connectivity index (χ4n) is 2.05. The maximum absolute atomic E-state index is 11.3. The number of nitrogens with one attached hydrogen (secondary N) is 1. The molecule has 1 aliphatic heterocycles. The molecule has 1 fully saturated rings. The summed E-state index contributed by atoms with van der Waals surface area (Å²) in [7, 11) is 0. The highest BCUT2D eigenvalue weighted by Gasteiger charge is 2.19. The van der Waals surface area contributed by atoms with Crippen LogP contribution in [0.4, 0.5) is 11.6 Å². The molecule has 0 aliphatic carbocycles. The molecule has 0 saturated carbocycles. The summed E-state index contributed by atoms with van der Waals surface area (Å²) in [4.78, 5) is 23.6. The summed E-state index contributed by atoms with van der Waals surface area (Å²) in [5, 5.41) is 11.8. The standard InChI is InChI=1S/C12H19N5O2/c1-10(19)16-3-5-17(6-4-16)12-8-11(13-2-7-18)14-9-15-12/h8-9,18H,2-7H2,1H3,(H,13,14,15). The van der Waals surface area contributed by atoms with Crippen LogP contribution in [0.5, 0.6) is 0 Å². The Balaban J connectivity index is 1.97. The Morgan fingerprint density at radius 1 is 1.37 bits per heavy atom. The van der Waals surface area contributed by atoms with Crippen LogP contribution in [0.25, 0.3) is 0 Å². The van der Waals surface area contributed by atoms with E-state index < -0.39 is 0 Å². The number of hydrogen-bond acceptors (Lipinski definition) is 6. The monoisotopic (exact) mass is 265 g/mol. The molecule has 0 unspecified atom stereocenters. The predicted molar refractivity (Wildman–Crippen MR) is 72.1 cm³/mol. The van der Waals surface area contributed by atoms with Crippen LogP contribution in [0.15, 0.2) is 12.4 Å². The summed E-state index contributed by atoms with van der Waals surface area (Å²) in [5.74, 6) is 1.67. The maximum Gasteiger partial charge on any atom is 0.219 e. The van der Waals surface area contributed by atoms with Gasteiger partial charge in [-0.15, -0.1) is 0 Å². The van der Waals surface area contributed by atoms with Crippen molar-refractivity contribution in [3.8, 4) is 0 Å². The number of nitrogens with zero attached hydrogens (tertiary/aromatic N) is 4. The molecule has 7 heteroatoms. The fourth-order valence-corrected chi connectivity index (χ4v) is 2.05. The number of aliphatic hydroxyl groups is 1. The van der Waals surface area contributed by atoms with Crippen molar-refractivity contribution < 1.29 is 9.90 Å². The van der Waals surface area contributed by atoms with Gasteiger partial charge in [-0.3, -0.25) is 4.79 Å². The lowest BCUT2D eigenvalue weighted by Gasteiger charge is -2.34. The van der Waals surface area contributed by atoms with Crippen LogP contribution in [0.1, 0.15) is 6.92 Å². The third-order valence-corrected chi connectivity index (χ3v) is 3.12. The summed E-state index contributed by atoms with van der Waals surface area (Å²) < 4.78 is 0. The minimum Gasteiger partial charge on any atom is -0.395 e. The zero-order chi connectivity index (χ0) is 13.7. The molecular formula is C12H19N5O2. The topological polar surface area (TPSA) is 81.6 Å². The molecule has 104 valence electrons. The van der Waals surface area contributed by atoms with Gasteiger partial charge in [0.15, 0.2) is 0 Å². The van der Waals surface area contributed by atoms with Crippen molar-refractivity contribution in [1.29, 1.82) is 0 Å². The summed E-state index contributed by atoms with van der Waals surface area (Å²) >= 11 is 0. The average molecular weight is 265 g/mol. The number of carbonyl (C=O) groups excluding carboxylic acids is 1. The van der Waals surface area contributed by atoms with E-state index in [9.17, 15) is 4.79 Å². The Kier molecular flexibility index (Phi) is 4.51. The predicted octanol–water partition coefficient (Wildman–Crippen LogP) is -0.451. The van der Waals surface area contributed by atoms with E-state index in [1.54, 1.807) is 6.92 Å². The third-order valence-electron chi connectivity index (χ3n) is 3.12. The van der Waals surface area contributed by atoms with Crippen molar-refractivity contribution >= 4 is 17.5 Å². The second-order valence-corrected chi connectivity index (χ2v) is 4.40. The summed E-state index contributed by atoms with van der Waals surface area (Å²) in [6.07, 6.45) is 1.51. The smallest absolute Gasteiger partial charge is 0.219 e. The van der Waals surface area contributed by atoms with E-state index in [-0.39, 0.29) is 12.5 Å². The molecule has 0 radical (unpaired) electrons. The summed E-state index contributed by atoms with van der Waals surface area (Å²) in [6.45, 7) is 5.12. The van der Waals surface area contributed by atoms with E-state index >= 15 is 0 Å². The van der Waals surface area contributed by atoms with Crippen LogP contribution < -0.4 is 10.2 Å². The van der Waals surface area contributed by atoms with E-state index in [0.717, 1.165) is 32.0 Å². The summed E-state index contributed by atoms with van der Waals surface area (Å²) in [5.41, 5.74) is 0. The van der Waals surface area contributed by atoms with E-state index in [1.807, 2.05) is 11.0 Å². The number of anilines is 2. The van der Waals surface area contributed by atoms with Crippen LogP contribution in [0, 0.1) is 0 Å². The Bertz CT molecular complexity index is 432. The Morgan fingerprint density at radius 3 is 2.74 bits per heavy atom. The molecule has 7 nitrogen and oxygen atoms in total. The molecule has 2 N–H and O–H groups in total. The zero-order valence-corrected chi connectivity index (χ0v) is 11.0. The van der Waals surface area contributed by atoms with Gasteiger partial charge in [-0.1, -0.05) is 0 Å². The first-order chi connectivity index (χ1) is 9.20. The minimum absolute atomic E-state index is 0.0661. The van der Waals surface area contributed by atoms with Gasteiger partial charge in [-0.05, 0) is 0 Å². The molecule has 1 amide bonds. The number of aliphatic hydroxyl groups excluding tert-OH is 1. The van der Waals surface area contributed by atoms with Crippen molar-refractivity contribution in [1.82, 2.24) is 14.9 Å². The van der Waals surface area contributed by atoms with E-state index in [1.165, 1.54) is 6.33 Å². The normalized spacial score (nSPS) is 15.5. The van der Waals surface area contributed by atoms with Crippen LogP contribution in [0.3, 0.4) is 0 Å². The lowest BCUT2D eigenvalue weighted by atomic mass is 10.3. The van der Waals surface area contributed by atoms with E-state index in [4.69, 9.17) is 5.11 Å². The molecule has 1 aromatic heterocycles. The number of hydrogen-bond donors (Lipinski definition) is 2. The molecule has 2 heterocycles. The second kappa shape index (κ2) is 6.33. The van der Waals surface area contributed by atoms with Crippen molar-refractivity contribution in [3.05, 3.63) is 12.4 Å². The average Bonchev–Trinajstić information content (AvgIpc) is 2.45. The first kappa shape index (κ1) is 13.5. The van der Waals surface area contributed by atoms with E-state index in [0.29, 0.717) is 12.4 Å². The van der Waals surface area contributed by atoms with Crippen LogP contribution in [0.2, 0.25) is 0 Å². The lowest BCUT2D eigenvalue weighted by molar-refractivity contribution is -0.129. The van der Waals surface area contributed by atoms with Gasteiger partial charge in [0.2, 0.25) is 5.91 Å². The van der Waals surface area contributed by atoms with Crippen molar-refractivity contribution in [2.24, 2.45) is 0 Å². The molecule has 2 rings (SSSR count). The molecule has 1 aliphatic rings. The van der Waals surface area contributed by atoms with Gasteiger partial charge in [-0.25, -0.2) is 9.97 Å². The highest BCUT2D eigenvalue weighted by molar-refractivity contribution is 5.73. The number of rotatable bonds is 4. The first-order valence-corrected chi connectivity index (χ1v) is 6.38. The summed E-state index contributed by atoms with van der Waals surface area (Å²) in [6, 6.07) is 1.86. The molecule has 1 saturated heterocycles. The quantitative estimate of drug-likeness (QED) is 0.767. The van der Waals surface area contributed by atoms with Crippen LogP contribution in [-0.4, -0.2) is 65.2 Å². The van der Waals surface area contributed by atoms with Gasteiger partial charge in [-0.2, -0.15) is 0 Å².